The van der Waals surface area contributed by atoms with Crippen molar-refractivity contribution in [3.8, 4) is 5.75 Å². The van der Waals surface area contributed by atoms with E-state index < -0.39 is 78.3 Å². The Labute approximate surface area is 266 Å². The summed E-state index contributed by atoms with van der Waals surface area (Å²) in [5, 5.41) is 20.4. The number of nitro groups is 1. The van der Waals surface area contributed by atoms with Gasteiger partial charge in [-0.05, 0) is 29.8 Å². The minimum atomic E-state index is -1.98. The predicted octanol–water partition coefficient (Wildman–Crippen LogP) is 2.31. The number of carbonyl (C=O) groups is 6. The number of imide groups is 1. The van der Waals surface area contributed by atoms with Crippen molar-refractivity contribution in [3.63, 3.8) is 0 Å². The first kappa shape index (κ1) is 35.9. The molecule has 1 N–H and O–H groups in total. The quantitative estimate of drug-likeness (QED) is 0.166. The maximum atomic E-state index is 13.7. The fourth-order valence-corrected chi connectivity index (χ4v) is 4.25. The summed E-state index contributed by atoms with van der Waals surface area (Å²) in [6.07, 6.45) is -11.3. The van der Waals surface area contributed by atoms with Gasteiger partial charge in [0.15, 0.2) is 12.2 Å². The Morgan fingerprint density at radius 3 is 1.83 bits per heavy atom. The SMILES string of the molecule is CC(=O)OC[C@H]1O[C@H](OC(=O)N(C(=O)Oc2ccc([N+](=O)[O-])cc2)c2ccc(CO)cc2)[C@H](OC(C)=O)[C@@H](OC(C)=O)[C@H]1OC(C)=O. The highest BCUT2D eigenvalue weighted by atomic mass is 16.8. The second-order valence-electron chi connectivity index (χ2n) is 9.73. The van der Waals surface area contributed by atoms with Crippen LogP contribution in [0.15, 0.2) is 48.5 Å². The average Bonchev–Trinajstić information content (AvgIpc) is 2.99. The van der Waals surface area contributed by atoms with Gasteiger partial charge in [-0.25, -0.2) is 9.59 Å². The molecule has 2 aromatic rings. The molecule has 0 radical (unpaired) electrons. The Balaban J connectivity index is 2.03. The molecule has 3 rings (SSSR count). The van der Waals surface area contributed by atoms with E-state index in [0.29, 0.717) is 10.5 Å². The number of non-ortho nitro benzene ring substituents is 1. The minimum absolute atomic E-state index is 0.148. The van der Waals surface area contributed by atoms with Gasteiger partial charge in [-0.15, -0.1) is 0 Å². The molecule has 1 fully saturated rings. The summed E-state index contributed by atoms with van der Waals surface area (Å²) in [4.78, 5) is 85.5. The Hall–Kier alpha value is -5.62. The van der Waals surface area contributed by atoms with E-state index in [4.69, 9.17) is 33.2 Å². The summed E-state index contributed by atoms with van der Waals surface area (Å²) in [5.41, 5.74) is -0.0422. The number of aliphatic hydroxyl groups is 1. The summed E-state index contributed by atoms with van der Waals surface area (Å²) < 4.78 is 37.3. The van der Waals surface area contributed by atoms with E-state index in [1.54, 1.807) is 0 Å². The normalized spacial score (nSPS) is 20.1. The Morgan fingerprint density at radius 1 is 0.766 bits per heavy atom. The standard InChI is InChI=1S/C29H30N2O16/c1-15(33)41-14-23-24(42-16(2)34)25(43-17(3)35)26(44-18(4)36)27(46-23)47-29(38)30(20-7-5-19(13-32)6-8-20)28(37)45-22-11-9-21(10-12-22)31(39)40/h5-12,23-27,32H,13-14H2,1-4H3/t23-,24+,25+,26-,27-/m1/s1. The number of esters is 4. The highest BCUT2D eigenvalue weighted by molar-refractivity contribution is 6.10. The largest absolute Gasteiger partial charge is 0.463 e. The van der Waals surface area contributed by atoms with Gasteiger partial charge in [0.1, 0.15) is 18.5 Å². The first-order chi connectivity index (χ1) is 22.2. The molecule has 0 bridgehead atoms. The molecule has 18 nitrogen and oxygen atoms in total. The smallest absolute Gasteiger partial charge is 0.429 e. The van der Waals surface area contributed by atoms with Crippen molar-refractivity contribution in [1.29, 1.82) is 0 Å². The maximum Gasteiger partial charge on any atom is 0.429 e. The van der Waals surface area contributed by atoms with Gasteiger partial charge in [0.25, 0.3) is 5.69 Å². The molecule has 2 amide bonds. The van der Waals surface area contributed by atoms with Crippen LogP contribution in [-0.2, 0) is 54.2 Å². The lowest BCUT2D eigenvalue weighted by Gasteiger charge is -2.43. The molecule has 1 aliphatic rings. The van der Waals surface area contributed by atoms with Crippen LogP contribution < -0.4 is 9.64 Å². The number of carbonyl (C=O) groups excluding carboxylic acids is 6. The molecular formula is C29H30N2O16. The van der Waals surface area contributed by atoms with Crippen LogP contribution in [0, 0.1) is 10.1 Å². The molecule has 1 aliphatic heterocycles. The molecule has 0 aliphatic carbocycles. The molecule has 252 valence electrons. The van der Waals surface area contributed by atoms with Gasteiger partial charge in [0.2, 0.25) is 12.4 Å². The molecule has 5 atom stereocenters. The average molecular weight is 663 g/mol. The van der Waals surface area contributed by atoms with E-state index in [2.05, 4.69) is 0 Å². The van der Waals surface area contributed by atoms with Crippen molar-refractivity contribution in [1.82, 2.24) is 0 Å². The van der Waals surface area contributed by atoms with Gasteiger partial charge < -0.3 is 38.3 Å². The third-order valence-corrected chi connectivity index (χ3v) is 6.16. The molecule has 1 heterocycles. The summed E-state index contributed by atoms with van der Waals surface area (Å²) in [6, 6.07) is 9.60. The second-order valence-corrected chi connectivity index (χ2v) is 9.73. The fourth-order valence-electron chi connectivity index (χ4n) is 4.25. The van der Waals surface area contributed by atoms with Crippen molar-refractivity contribution < 1.29 is 72.0 Å². The monoisotopic (exact) mass is 662 g/mol. The number of aliphatic hydroxyl groups excluding tert-OH is 1. The number of rotatable bonds is 10. The van der Waals surface area contributed by atoms with E-state index in [1.165, 1.54) is 24.3 Å². The van der Waals surface area contributed by atoms with Crippen molar-refractivity contribution in [2.24, 2.45) is 0 Å². The van der Waals surface area contributed by atoms with E-state index in [0.717, 1.165) is 52.0 Å². The molecular weight excluding hydrogens is 632 g/mol. The number of amides is 2. The zero-order valence-electron chi connectivity index (χ0n) is 25.4. The molecule has 0 saturated carbocycles. The number of hydrogen-bond acceptors (Lipinski definition) is 16. The zero-order valence-corrected chi connectivity index (χ0v) is 25.4. The van der Waals surface area contributed by atoms with Crippen LogP contribution in [0.25, 0.3) is 0 Å². The van der Waals surface area contributed by atoms with Gasteiger partial charge in [-0.2, -0.15) is 4.90 Å². The van der Waals surface area contributed by atoms with E-state index in [-0.39, 0.29) is 23.7 Å². The van der Waals surface area contributed by atoms with Crippen LogP contribution in [0.3, 0.4) is 0 Å². The van der Waals surface area contributed by atoms with Gasteiger partial charge in [-0.3, -0.25) is 29.3 Å². The van der Waals surface area contributed by atoms with E-state index in [1.807, 2.05) is 0 Å². The number of nitro benzene ring substituents is 1. The topological polar surface area (TPSA) is 234 Å². The molecule has 0 aromatic heterocycles. The van der Waals surface area contributed by atoms with E-state index in [9.17, 15) is 44.0 Å². The Morgan fingerprint density at radius 2 is 1.32 bits per heavy atom. The van der Waals surface area contributed by atoms with Crippen LogP contribution in [0.4, 0.5) is 21.0 Å². The summed E-state index contributed by atoms with van der Waals surface area (Å²) in [5.74, 6) is -3.75. The highest BCUT2D eigenvalue weighted by Crippen LogP contribution is 2.31. The second kappa shape index (κ2) is 16.1. The third-order valence-electron chi connectivity index (χ3n) is 6.16. The lowest BCUT2D eigenvalue weighted by Crippen LogP contribution is -2.63. The van der Waals surface area contributed by atoms with Crippen LogP contribution in [0.5, 0.6) is 5.75 Å². The van der Waals surface area contributed by atoms with Gasteiger partial charge in [-0.1, -0.05) is 12.1 Å². The molecule has 0 spiro atoms. The van der Waals surface area contributed by atoms with E-state index >= 15 is 0 Å². The molecule has 47 heavy (non-hydrogen) atoms. The first-order valence-electron chi connectivity index (χ1n) is 13.7. The molecule has 2 aromatic carbocycles. The fraction of sp³-hybridized carbons (Fsp3) is 0.379. The van der Waals surface area contributed by atoms with Gasteiger partial charge >= 0.3 is 36.1 Å². The molecule has 0 unspecified atom stereocenters. The summed E-state index contributed by atoms with van der Waals surface area (Å²) in [7, 11) is 0. The van der Waals surface area contributed by atoms with Gasteiger partial charge in [0, 0.05) is 39.8 Å². The maximum absolute atomic E-state index is 13.7. The predicted molar refractivity (Wildman–Crippen MR) is 152 cm³/mol. The van der Waals surface area contributed by atoms with Crippen LogP contribution >= 0.6 is 0 Å². The molecule has 1 saturated heterocycles. The Kier molecular flexibility index (Phi) is 12.3. The van der Waals surface area contributed by atoms with Gasteiger partial charge in [0.05, 0.1) is 17.2 Å². The van der Waals surface area contributed by atoms with Crippen LogP contribution in [-0.4, -0.2) is 83.4 Å². The van der Waals surface area contributed by atoms with Crippen molar-refractivity contribution in [3.05, 3.63) is 64.2 Å². The van der Waals surface area contributed by atoms with Crippen LogP contribution in [0.1, 0.15) is 33.3 Å². The minimum Gasteiger partial charge on any atom is -0.463 e. The molecule has 18 heteroatoms. The summed E-state index contributed by atoms with van der Waals surface area (Å²) in [6.45, 7) is 3.09. The van der Waals surface area contributed by atoms with Crippen molar-refractivity contribution in [2.45, 2.75) is 65.0 Å². The first-order valence-corrected chi connectivity index (χ1v) is 13.7. The van der Waals surface area contributed by atoms with Crippen molar-refractivity contribution in [2.75, 3.05) is 11.5 Å². The number of nitrogens with zero attached hydrogens (tertiary/aromatic N) is 2. The van der Waals surface area contributed by atoms with Crippen molar-refractivity contribution >= 4 is 47.4 Å². The lowest BCUT2D eigenvalue weighted by atomic mass is 9.98. The third kappa shape index (κ3) is 9.93. The summed E-state index contributed by atoms with van der Waals surface area (Å²) >= 11 is 0. The highest BCUT2D eigenvalue weighted by Gasteiger charge is 2.54. The number of hydrogen-bond donors (Lipinski definition) is 1. The number of ether oxygens (including phenoxy) is 7. The Bertz CT molecular complexity index is 1490. The number of benzene rings is 2. The number of anilines is 1. The lowest BCUT2D eigenvalue weighted by molar-refractivity contribution is -0.384. The zero-order chi connectivity index (χ0) is 34.8. The van der Waals surface area contributed by atoms with Crippen LogP contribution in [0.2, 0.25) is 0 Å².